The van der Waals surface area contributed by atoms with Gasteiger partial charge in [-0.3, -0.25) is 29.8 Å². The number of hydrogen-bond donors (Lipinski definition) is 2. The molecule has 0 fully saturated rings. The Hall–Kier alpha value is -3.19. The molecule has 2 N–H and O–H groups in total. The first-order valence-electron chi connectivity index (χ1n) is 8.88. The number of hydrazine groups is 1. The van der Waals surface area contributed by atoms with Gasteiger partial charge in [-0.25, -0.2) is 4.98 Å². The van der Waals surface area contributed by atoms with E-state index in [1.165, 1.54) is 0 Å². The molecule has 0 spiro atoms. The quantitative estimate of drug-likeness (QED) is 0.662. The fraction of sp³-hybridized carbons (Fsp3) is 0.200. The molecule has 0 saturated carbocycles. The van der Waals surface area contributed by atoms with E-state index < -0.39 is 5.91 Å². The summed E-state index contributed by atoms with van der Waals surface area (Å²) in [6.45, 7) is 0.680. The second kappa shape index (κ2) is 7.44. The highest BCUT2D eigenvalue weighted by Crippen LogP contribution is 2.16. The van der Waals surface area contributed by atoms with Crippen LogP contribution in [0, 0.1) is 0 Å². The van der Waals surface area contributed by atoms with Crippen LogP contribution in [0.1, 0.15) is 28.2 Å². The highest BCUT2D eigenvalue weighted by molar-refractivity contribution is 6.30. The minimum Gasteiger partial charge on any atom is -0.296 e. The number of nitrogens with zero attached hydrogens (tertiary/aromatic N) is 2. The fourth-order valence-corrected chi connectivity index (χ4v) is 3.38. The van der Waals surface area contributed by atoms with Crippen molar-refractivity contribution in [3.05, 3.63) is 74.8 Å². The van der Waals surface area contributed by atoms with Crippen LogP contribution in [0.3, 0.4) is 0 Å². The van der Waals surface area contributed by atoms with Gasteiger partial charge in [-0.15, -0.1) is 0 Å². The molecule has 0 bridgehead atoms. The van der Waals surface area contributed by atoms with Crippen LogP contribution >= 0.6 is 11.6 Å². The van der Waals surface area contributed by atoms with E-state index in [1.807, 2.05) is 0 Å². The van der Waals surface area contributed by atoms with E-state index in [1.54, 1.807) is 47.0 Å². The van der Waals surface area contributed by atoms with E-state index >= 15 is 0 Å². The first-order valence-corrected chi connectivity index (χ1v) is 9.26. The van der Waals surface area contributed by atoms with E-state index in [2.05, 4.69) is 15.8 Å². The van der Waals surface area contributed by atoms with Crippen LogP contribution in [0.4, 0.5) is 0 Å². The van der Waals surface area contributed by atoms with Crippen molar-refractivity contribution in [2.24, 2.45) is 0 Å². The topological polar surface area (TPSA) is 93.1 Å². The van der Waals surface area contributed by atoms with Crippen LogP contribution < -0.4 is 16.4 Å². The van der Waals surface area contributed by atoms with Crippen molar-refractivity contribution in [3.63, 3.8) is 0 Å². The van der Waals surface area contributed by atoms with Crippen LogP contribution in [0.25, 0.3) is 10.9 Å². The number of hydrogen-bond acceptors (Lipinski definition) is 4. The monoisotopic (exact) mass is 396 g/mol. The summed E-state index contributed by atoms with van der Waals surface area (Å²) in [5.41, 5.74) is 6.27. The van der Waals surface area contributed by atoms with Gasteiger partial charge in [0, 0.05) is 23.6 Å². The summed E-state index contributed by atoms with van der Waals surface area (Å²) in [5.74, 6) is -0.0919. The zero-order valence-electron chi connectivity index (χ0n) is 14.9. The van der Waals surface area contributed by atoms with Crippen LogP contribution in [0.15, 0.2) is 47.3 Å². The van der Waals surface area contributed by atoms with Gasteiger partial charge in [-0.2, -0.15) is 0 Å². The number of nitrogens with one attached hydrogen (secondary N) is 2. The van der Waals surface area contributed by atoms with Crippen molar-refractivity contribution >= 4 is 34.3 Å². The number of halogens is 1. The number of carbonyl (C=O) groups excluding carboxylic acids is 2. The van der Waals surface area contributed by atoms with Crippen LogP contribution in [0.2, 0.25) is 5.02 Å². The van der Waals surface area contributed by atoms with Gasteiger partial charge in [-0.1, -0.05) is 23.7 Å². The van der Waals surface area contributed by atoms with Gasteiger partial charge in [-0.05, 0) is 42.3 Å². The second-order valence-corrected chi connectivity index (χ2v) is 7.06. The Morgan fingerprint density at radius 1 is 1.11 bits per heavy atom. The Bertz CT molecular complexity index is 1140. The lowest BCUT2D eigenvalue weighted by atomic mass is 10.1. The summed E-state index contributed by atoms with van der Waals surface area (Å²) in [5, 5.41) is 1.07. The standard InChI is InChI=1S/C20H17ClN4O3/c21-14-6-3-12(4-7-14)10-18(26)23-24-19(27)13-5-8-15-16(11-13)22-17-2-1-9-25(17)20(15)28/h3-8,11H,1-2,9-10H2,(H,23,26)(H,24,27). The second-order valence-electron chi connectivity index (χ2n) is 6.63. The molecule has 7 nitrogen and oxygen atoms in total. The zero-order chi connectivity index (χ0) is 19.7. The highest BCUT2D eigenvalue weighted by atomic mass is 35.5. The molecule has 1 aliphatic rings. The third-order valence-corrected chi connectivity index (χ3v) is 4.92. The van der Waals surface area contributed by atoms with Crippen molar-refractivity contribution in [2.45, 2.75) is 25.8 Å². The molecule has 3 aromatic rings. The summed E-state index contributed by atoms with van der Waals surface area (Å²) in [6, 6.07) is 11.6. The van der Waals surface area contributed by atoms with Crippen LogP contribution in [-0.2, 0) is 24.2 Å². The maximum absolute atomic E-state index is 12.5. The smallest absolute Gasteiger partial charge is 0.269 e. The molecule has 0 atom stereocenters. The largest absolute Gasteiger partial charge is 0.296 e. The summed E-state index contributed by atoms with van der Waals surface area (Å²) in [4.78, 5) is 41.3. The van der Waals surface area contributed by atoms with Crippen molar-refractivity contribution in [3.8, 4) is 0 Å². The van der Waals surface area contributed by atoms with E-state index in [9.17, 15) is 14.4 Å². The molecule has 1 aromatic heterocycles. The lowest BCUT2D eigenvalue weighted by molar-refractivity contribution is -0.121. The summed E-state index contributed by atoms with van der Waals surface area (Å²) < 4.78 is 1.68. The Labute approximate surface area is 165 Å². The van der Waals surface area contributed by atoms with Crippen molar-refractivity contribution < 1.29 is 9.59 Å². The Kier molecular flexibility index (Phi) is 4.83. The van der Waals surface area contributed by atoms with Gasteiger partial charge in [0.15, 0.2) is 0 Å². The molecule has 0 aliphatic carbocycles. The number of carbonyl (C=O) groups is 2. The van der Waals surface area contributed by atoms with Gasteiger partial charge in [0.25, 0.3) is 11.5 Å². The van der Waals surface area contributed by atoms with E-state index in [0.29, 0.717) is 28.0 Å². The maximum Gasteiger partial charge on any atom is 0.269 e. The maximum atomic E-state index is 12.5. The average molecular weight is 397 g/mol. The van der Waals surface area contributed by atoms with Gasteiger partial charge < -0.3 is 0 Å². The van der Waals surface area contributed by atoms with Crippen LogP contribution in [-0.4, -0.2) is 21.4 Å². The molecule has 142 valence electrons. The molecule has 28 heavy (non-hydrogen) atoms. The first kappa shape index (κ1) is 18.2. The summed E-state index contributed by atoms with van der Waals surface area (Å²) in [6.07, 6.45) is 1.76. The lowest BCUT2D eigenvalue weighted by Crippen LogP contribution is -2.42. The normalized spacial score (nSPS) is 12.6. The lowest BCUT2D eigenvalue weighted by Gasteiger charge is -2.09. The van der Waals surface area contributed by atoms with Gasteiger partial charge in [0.05, 0.1) is 17.3 Å². The summed E-state index contributed by atoms with van der Waals surface area (Å²) in [7, 11) is 0. The molecular formula is C20H17ClN4O3. The number of fused-ring (bicyclic) bond motifs is 2. The Balaban J connectivity index is 1.45. The SMILES string of the molecule is O=C(Cc1ccc(Cl)cc1)NNC(=O)c1ccc2c(=O)n3c(nc2c1)CCC3. The van der Waals surface area contributed by atoms with Gasteiger partial charge in [0.2, 0.25) is 5.91 Å². The van der Waals surface area contributed by atoms with E-state index in [4.69, 9.17) is 11.6 Å². The average Bonchev–Trinajstić information content (AvgIpc) is 3.16. The molecule has 1 aliphatic heterocycles. The Morgan fingerprint density at radius 3 is 2.68 bits per heavy atom. The number of aromatic nitrogens is 2. The molecule has 2 heterocycles. The molecule has 4 rings (SSSR count). The number of amides is 2. The van der Waals surface area contributed by atoms with Crippen LogP contribution in [0.5, 0.6) is 0 Å². The van der Waals surface area contributed by atoms with Crippen molar-refractivity contribution in [1.29, 1.82) is 0 Å². The molecule has 2 aromatic carbocycles. The van der Waals surface area contributed by atoms with Gasteiger partial charge >= 0.3 is 0 Å². The van der Waals surface area contributed by atoms with Crippen molar-refractivity contribution in [2.75, 3.05) is 0 Å². The molecular weight excluding hydrogens is 380 g/mol. The minimum absolute atomic E-state index is 0.0827. The van der Waals surface area contributed by atoms with Gasteiger partial charge in [0.1, 0.15) is 5.82 Å². The molecule has 0 radical (unpaired) electrons. The minimum atomic E-state index is -0.478. The predicted octanol–water partition coefficient (Wildman–Crippen LogP) is 2.00. The first-order chi connectivity index (χ1) is 13.5. The third kappa shape index (κ3) is 3.61. The number of rotatable bonds is 3. The molecule has 2 amide bonds. The van der Waals surface area contributed by atoms with E-state index in [0.717, 1.165) is 24.2 Å². The molecule has 0 unspecified atom stereocenters. The van der Waals surface area contributed by atoms with E-state index in [-0.39, 0.29) is 17.9 Å². The number of benzene rings is 2. The predicted molar refractivity (Wildman–Crippen MR) is 105 cm³/mol. The summed E-state index contributed by atoms with van der Waals surface area (Å²) >= 11 is 5.82. The van der Waals surface area contributed by atoms with Crippen molar-refractivity contribution in [1.82, 2.24) is 20.4 Å². The zero-order valence-corrected chi connectivity index (χ0v) is 15.6. The number of aryl methyl sites for hydroxylation is 1. The Morgan fingerprint density at radius 2 is 1.89 bits per heavy atom. The third-order valence-electron chi connectivity index (χ3n) is 4.67. The molecule has 0 saturated heterocycles. The molecule has 8 heteroatoms. The highest BCUT2D eigenvalue weighted by Gasteiger charge is 2.17. The fourth-order valence-electron chi connectivity index (χ4n) is 3.26.